The maximum Gasteiger partial charge on any atom is 0.321 e. The highest BCUT2D eigenvalue weighted by Gasteiger charge is 2.29. The van der Waals surface area contributed by atoms with Gasteiger partial charge in [0, 0.05) is 31.9 Å². The standard InChI is InChI=1S/C17H26N4O3S/c1-14-3-4-16(13-18-14)19-17(22)20-9-5-15(6-10-20)7-11-21-8-2-12-25(21,23)24/h3-4,13,15H,2,5-12H2,1H3,(H,19,22). The van der Waals surface area contributed by atoms with E-state index in [-0.39, 0.29) is 6.03 Å². The van der Waals surface area contributed by atoms with Gasteiger partial charge in [-0.1, -0.05) is 0 Å². The lowest BCUT2D eigenvalue weighted by Gasteiger charge is -2.32. The quantitative estimate of drug-likeness (QED) is 0.884. The zero-order valence-electron chi connectivity index (χ0n) is 14.6. The molecule has 0 aliphatic carbocycles. The number of urea groups is 1. The van der Waals surface area contributed by atoms with Gasteiger partial charge < -0.3 is 10.2 Å². The van der Waals surface area contributed by atoms with Gasteiger partial charge in [0.05, 0.1) is 17.6 Å². The second-order valence-electron chi connectivity index (χ2n) is 6.91. The summed E-state index contributed by atoms with van der Waals surface area (Å²) in [5.41, 5.74) is 1.62. The number of carbonyl (C=O) groups is 1. The fraction of sp³-hybridized carbons (Fsp3) is 0.647. The van der Waals surface area contributed by atoms with Crippen LogP contribution in [0.3, 0.4) is 0 Å². The SMILES string of the molecule is Cc1ccc(NC(=O)N2CCC(CCN3CCCS3(=O)=O)CC2)cn1. The first-order chi connectivity index (χ1) is 11.9. The van der Waals surface area contributed by atoms with Crippen LogP contribution in [0.15, 0.2) is 18.3 Å². The van der Waals surface area contributed by atoms with Crippen LogP contribution >= 0.6 is 0 Å². The van der Waals surface area contributed by atoms with Crippen LogP contribution in [0, 0.1) is 12.8 Å². The Morgan fingerprint density at radius 1 is 1.28 bits per heavy atom. The molecule has 2 aliphatic rings. The normalized spacial score (nSPS) is 21.4. The Bertz CT molecular complexity index is 697. The van der Waals surface area contributed by atoms with Crippen molar-refractivity contribution < 1.29 is 13.2 Å². The van der Waals surface area contributed by atoms with Crippen molar-refractivity contribution in [1.82, 2.24) is 14.2 Å². The number of hydrogen-bond donors (Lipinski definition) is 1. The van der Waals surface area contributed by atoms with E-state index >= 15 is 0 Å². The first kappa shape index (κ1) is 18.1. The predicted octanol–water partition coefficient (Wildman–Crippen LogP) is 2.06. The molecule has 2 saturated heterocycles. The summed E-state index contributed by atoms with van der Waals surface area (Å²) in [5.74, 6) is 0.778. The van der Waals surface area contributed by atoms with Gasteiger partial charge in [-0.05, 0) is 50.7 Å². The number of carbonyl (C=O) groups excluding carboxylic acids is 1. The van der Waals surface area contributed by atoms with Crippen molar-refractivity contribution in [3.8, 4) is 0 Å². The molecule has 2 aliphatic heterocycles. The second-order valence-corrected chi connectivity index (χ2v) is 8.99. The molecule has 0 spiro atoms. The van der Waals surface area contributed by atoms with E-state index in [1.165, 1.54) is 0 Å². The minimum absolute atomic E-state index is 0.0915. The van der Waals surface area contributed by atoms with E-state index in [2.05, 4.69) is 10.3 Å². The summed E-state index contributed by atoms with van der Waals surface area (Å²) in [6.45, 7) is 4.61. The zero-order chi connectivity index (χ0) is 17.9. The van der Waals surface area contributed by atoms with Gasteiger partial charge in [0.15, 0.2) is 0 Å². The Balaban J connectivity index is 1.42. The number of amides is 2. The number of rotatable bonds is 4. The Morgan fingerprint density at radius 3 is 2.64 bits per heavy atom. The molecule has 0 unspecified atom stereocenters. The molecule has 0 radical (unpaired) electrons. The van der Waals surface area contributed by atoms with E-state index in [1.54, 1.807) is 10.5 Å². The van der Waals surface area contributed by atoms with Crippen molar-refractivity contribution in [3.63, 3.8) is 0 Å². The number of aromatic nitrogens is 1. The summed E-state index contributed by atoms with van der Waals surface area (Å²) in [5, 5.41) is 2.88. The van der Waals surface area contributed by atoms with E-state index in [4.69, 9.17) is 0 Å². The van der Waals surface area contributed by atoms with Crippen LogP contribution in [0.2, 0.25) is 0 Å². The number of pyridine rings is 1. The molecule has 25 heavy (non-hydrogen) atoms. The molecule has 8 heteroatoms. The molecule has 0 atom stereocenters. The first-order valence-corrected chi connectivity index (χ1v) is 10.5. The van der Waals surface area contributed by atoms with Crippen LogP contribution in [0.5, 0.6) is 0 Å². The van der Waals surface area contributed by atoms with Crippen LogP contribution in [0.4, 0.5) is 10.5 Å². The van der Waals surface area contributed by atoms with Gasteiger partial charge in [0.1, 0.15) is 0 Å². The van der Waals surface area contributed by atoms with Crippen LogP contribution in [0.25, 0.3) is 0 Å². The van der Waals surface area contributed by atoms with Gasteiger partial charge in [-0.2, -0.15) is 0 Å². The van der Waals surface area contributed by atoms with Gasteiger partial charge in [0.2, 0.25) is 10.0 Å². The molecule has 3 heterocycles. The molecular weight excluding hydrogens is 340 g/mol. The number of piperidine rings is 1. The fourth-order valence-corrected chi connectivity index (χ4v) is 4.98. The Labute approximate surface area is 149 Å². The van der Waals surface area contributed by atoms with Crippen LogP contribution in [0.1, 0.15) is 31.4 Å². The maximum atomic E-state index is 12.3. The number of nitrogens with zero attached hydrogens (tertiary/aromatic N) is 3. The largest absolute Gasteiger partial charge is 0.325 e. The molecule has 3 rings (SSSR count). The van der Waals surface area contributed by atoms with Gasteiger partial charge in [-0.25, -0.2) is 17.5 Å². The van der Waals surface area contributed by atoms with Gasteiger partial charge in [-0.3, -0.25) is 4.98 Å². The number of aryl methyl sites for hydroxylation is 1. The summed E-state index contributed by atoms with van der Waals surface area (Å²) < 4.78 is 25.3. The molecular formula is C17H26N4O3S. The highest BCUT2D eigenvalue weighted by atomic mass is 32.2. The van der Waals surface area contributed by atoms with Crippen LogP contribution in [-0.4, -0.2) is 60.6 Å². The molecule has 1 aromatic rings. The lowest BCUT2D eigenvalue weighted by Crippen LogP contribution is -2.41. The third kappa shape index (κ3) is 4.70. The van der Waals surface area contributed by atoms with Crippen molar-refractivity contribution in [2.24, 2.45) is 5.92 Å². The molecule has 138 valence electrons. The van der Waals surface area contributed by atoms with Crippen LogP contribution in [-0.2, 0) is 10.0 Å². The lowest BCUT2D eigenvalue weighted by molar-refractivity contribution is 0.177. The molecule has 0 aromatic carbocycles. The summed E-state index contributed by atoms with van der Waals surface area (Å²) >= 11 is 0. The molecule has 1 aromatic heterocycles. The fourth-order valence-electron chi connectivity index (χ4n) is 3.44. The topological polar surface area (TPSA) is 82.6 Å². The minimum Gasteiger partial charge on any atom is -0.325 e. The number of sulfonamides is 1. The Hall–Kier alpha value is -1.67. The first-order valence-electron chi connectivity index (χ1n) is 8.90. The molecule has 2 fully saturated rings. The maximum absolute atomic E-state index is 12.3. The number of hydrogen-bond acceptors (Lipinski definition) is 4. The van der Waals surface area contributed by atoms with Crippen molar-refractivity contribution in [2.45, 2.75) is 32.6 Å². The average molecular weight is 366 g/mol. The Morgan fingerprint density at radius 2 is 2.04 bits per heavy atom. The monoisotopic (exact) mass is 366 g/mol. The predicted molar refractivity (Wildman–Crippen MR) is 96.9 cm³/mol. The molecule has 2 amide bonds. The highest BCUT2D eigenvalue weighted by Crippen LogP contribution is 2.23. The third-order valence-corrected chi connectivity index (χ3v) is 7.01. The molecule has 0 saturated carbocycles. The van der Waals surface area contributed by atoms with E-state index in [9.17, 15) is 13.2 Å². The van der Waals surface area contributed by atoms with Crippen molar-refractivity contribution in [3.05, 3.63) is 24.0 Å². The highest BCUT2D eigenvalue weighted by molar-refractivity contribution is 7.89. The van der Waals surface area contributed by atoms with Crippen molar-refractivity contribution in [2.75, 3.05) is 37.2 Å². The summed E-state index contributed by atoms with van der Waals surface area (Å²) in [6.07, 6.45) is 5.14. The van der Waals surface area contributed by atoms with E-state index in [1.807, 2.05) is 24.0 Å². The minimum atomic E-state index is -3.00. The Kier molecular flexibility index (Phi) is 5.58. The van der Waals surface area contributed by atoms with Gasteiger partial charge in [0.25, 0.3) is 0 Å². The number of nitrogens with one attached hydrogen (secondary N) is 1. The van der Waals surface area contributed by atoms with Gasteiger partial charge in [-0.15, -0.1) is 0 Å². The summed E-state index contributed by atoms with van der Waals surface area (Å²) in [4.78, 5) is 18.3. The van der Waals surface area contributed by atoms with Crippen LogP contribution < -0.4 is 5.32 Å². The zero-order valence-corrected chi connectivity index (χ0v) is 15.5. The van der Waals surface area contributed by atoms with Gasteiger partial charge >= 0.3 is 6.03 Å². The average Bonchev–Trinajstić information content (AvgIpc) is 2.94. The molecule has 0 bridgehead atoms. The van der Waals surface area contributed by atoms with E-state index < -0.39 is 10.0 Å². The van der Waals surface area contributed by atoms with E-state index in [0.29, 0.717) is 43.5 Å². The molecule has 7 nitrogen and oxygen atoms in total. The molecule has 1 N–H and O–H groups in total. The van der Waals surface area contributed by atoms with Crippen molar-refractivity contribution >= 4 is 21.7 Å². The summed E-state index contributed by atoms with van der Waals surface area (Å²) in [7, 11) is -3.00. The third-order valence-electron chi connectivity index (χ3n) is 5.05. The number of likely N-dealkylation sites (tertiary alicyclic amines) is 1. The smallest absolute Gasteiger partial charge is 0.321 e. The summed E-state index contributed by atoms with van der Waals surface area (Å²) in [6, 6.07) is 3.63. The second kappa shape index (κ2) is 7.70. The van der Waals surface area contributed by atoms with Crippen molar-refractivity contribution in [1.29, 1.82) is 0 Å². The number of anilines is 1. The lowest BCUT2D eigenvalue weighted by atomic mass is 9.94. The van der Waals surface area contributed by atoms with E-state index in [0.717, 1.165) is 31.4 Å².